The number of esters is 2. The highest BCUT2D eigenvalue weighted by molar-refractivity contribution is 5.89. The van der Waals surface area contributed by atoms with Crippen molar-refractivity contribution in [3.63, 3.8) is 0 Å². The number of likely N-dealkylation sites (tertiary alicyclic amines) is 1. The monoisotopic (exact) mass is 557 g/mol. The van der Waals surface area contributed by atoms with Gasteiger partial charge in [-0.2, -0.15) is 4.98 Å². The number of anilines is 2. The van der Waals surface area contributed by atoms with Gasteiger partial charge in [0.05, 0.1) is 31.7 Å². The Bertz CT molecular complexity index is 1560. The van der Waals surface area contributed by atoms with Crippen molar-refractivity contribution in [1.82, 2.24) is 9.88 Å². The topological polar surface area (TPSA) is 120 Å². The molecule has 10 heteroatoms. The number of ether oxygens (including phenoxy) is 3. The number of aromatic nitrogens is 1. The van der Waals surface area contributed by atoms with Crippen LogP contribution in [0.15, 0.2) is 71.1 Å². The molecule has 0 aliphatic carbocycles. The molecule has 1 saturated heterocycles. The Morgan fingerprint density at radius 1 is 1.07 bits per heavy atom. The van der Waals surface area contributed by atoms with E-state index in [1.165, 1.54) is 14.0 Å². The SMILES string of the molecule is COC(=O)c1ccc(OC[C@@H]2C[C@H](OC(C)=O)CN2C(=O)Cc2ccc3nc(Nc4ccccc4C)oc3c2)cc1. The van der Waals surface area contributed by atoms with Crippen molar-refractivity contribution in [2.75, 3.05) is 25.6 Å². The van der Waals surface area contributed by atoms with Crippen LogP contribution in [0.3, 0.4) is 0 Å². The molecule has 1 aliphatic rings. The molecule has 1 N–H and O–H groups in total. The molecule has 2 heterocycles. The summed E-state index contributed by atoms with van der Waals surface area (Å²) >= 11 is 0. The Morgan fingerprint density at radius 3 is 2.59 bits per heavy atom. The van der Waals surface area contributed by atoms with E-state index in [1.54, 1.807) is 29.2 Å². The van der Waals surface area contributed by atoms with Gasteiger partial charge in [-0.15, -0.1) is 0 Å². The van der Waals surface area contributed by atoms with Crippen LogP contribution in [0.1, 0.15) is 34.8 Å². The maximum Gasteiger partial charge on any atom is 0.337 e. The number of nitrogens with zero attached hydrogens (tertiary/aromatic N) is 2. The van der Waals surface area contributed by atoms with Gasteiger partial charge in [0.15, 0.2) is 5.58 Å². The van der Waals surface area contributed by atoms with Gasteiger partial charge in [-0.1, -0.05) is 24.3 Å². The summed E-state index contributed by atoms with van der Waals surface area (Å²) in [5.74, 6) is -0.401. The van der Waals surface area contributed by atoms with Crippen LogP contribution in [0, 0.1) is 6.92 Å². The second-order valence-electron chi connectivity index (χ2n) is 9.93. The van der Waals surface area contributed by atoms with Crippen molar-refractivity contribution in [2.45, 2.75) is 38.8 Å². The number of aryl methyl sites for hydroxylation is 1. The van der Waals surface area contributed by atoms with E-state index in [0.717, 1.165) is 16.8 Å². The Hall–Kier alpha value is -4.86. The summed E-state index contributed by atoms with van der Waals surface area (Å²) in [6, 6.07) is 20.0. The van der Waals surface area contributed by atoms with Gasteiger partial charge in [0, 0.05) is 19.0 Å². The largest absolute Gasteiger partial charge is 0.491 e. The van der Waals surface area contributed by atoms with Crippen LogP contribution in [-0.4, -0.2) is 60.1 Å². The fourth-order valence-corrected chi connectivity index (χ4v) is 4.89. The number of nitrogens with one attached hydrogen (secondary N) is 1. The van der Waals surface area contributed by atoms with Gasteiger partial charge >= 0.3 is 11.9 Å². The number of para-hydroxylation sites is 1. The lowest BCUT2D eigenvalue weighted by molar-refractivity contribution is -0.146. The van der Waals surface area contributed by atoms with Crippen LogP contribution >= 0.6 is 0 Å². The molecular formula is C31H31N3O7. The maximum atomic E-state index is 13.5. The highest BCUT2D eigenvalue weighted by atomic mass is 16.5. The number of hydrogen-bond donors (Lipinski definition) is 1. The molecule has 2 atom stereocenters. The standard InChI is InChI=1S/C31H31N3O7/c1-19-6-4-5-7-26(19)32-31-33-27-13-8-21(14-28(27)41-31)15-29(36)34-17-25(40-20(2)35)16-23(34)18-39-24-11-9-22(10-12-24)30(37)38-3/h4-14,23,25H,15-18H2,1-3H3,(H,32,33)/t23-,25-/m0/s1. The summed E-state index contributed by atoms with van der Waals surface area (Å²) in [5.41, 5.74) is 4.40. The van der Waals surface area contributed by atoms with Crippen LogP contribution < -0.4 is 10.1 Å². The van der Waals surface area contributed by atoms with Crippen molar-refractivity contribution < 1.29 is 33.0 Å². The van der Waals surface area contributed by atoms with Crippen molar-refractivity contribution in [3.05, 3.63) is 83.4 Å². The van der Waals surface area contributed by atoms with Gasteiger partial charge in [0.25, 0.3) is 6.01 Å². The number of carbonyl (C=O) groups excluding carboxylic acids is 3. The molecular weight excluding hydrogens is 526 g/mol. The fourth-order valence-electron chi connectivity index (χ4n) is 4.89. The zero-order chi connectivity index (χ0) is 28.9. The summed E-state index contributed by atoms with van der Waals surface area (Å²) in [7, 11) is 1.32. The number of methoxy groups -OCH3 is 1. The van der Waals surface area contributed by atoms with Gasteiger partial charge in [-0.3, -0.25) is 9.59 Å². The molecule has 1 amide bonds. The molecule has 212 valence electrons. The Balaban J connectivity index is 1.26. The third-order valence-corrected chi connectivity index (χ3v) is 6.94. The van der Waals surface area contributed by atoms with Crippen LogP contribution in [0.5, 0.6) is 5.75 Å². The number of amides is 1. The van der Waals surface area contributed by atoms with E-state index in [2.05, 4.69) is 10.3 Å². The summed E-state index contributed by atoms with van der Waals surface area (Å²) in [6.07, 6.45) is 0.174. The van der Waals surface area contributed by atoms with E-state index >= 15 is 0 Å². The van der Waals surface area contributed by atoms with Gasteiger partial charge in [0.1, 0.15) is 24.0 Å². The number of carbonyl (C=O) groups is 3. The number of hydrogen-bond acceptors (Lipinski definition) is 9. The quantitative estimate of drug-likeness (QED) is 0.289. The lowest BCUT2D eigenvalue weighted by Crippen LogP contribution is -2.40. The highest BCUT2D eigenvalue weighted by Gasteiger charge is 2.37. The minimum absolute atomic E-state index is 0.119. The van der Waals surface area contributed by atoms with Gasteiger partial charge in [0.2, 0.25) is 5.91 Å². The molecule has 0 saturated carbocycles. The molecule has 0 bridgehead atoms. The first-order valence-electron chi connectivity index (χ1n) is 13.3. The Labute approximate surface area is 237 Å². The zero-order valence-corrected chi connectivity index (χ0v) is 23.1. The van der Waals surface area contributed by atoms with Crippen molar-refractivity contribution in [1.29, 1.82) is 0 Å². The number of oxazole rings is 1. The molecule has 1 aliphatic heterocycles. The van der Waals surface area contributed by atoms with Crippen molar-refractivity contribution >= 4 is 40.6 Å². The van der Waals surface area contributed by atoms with Crippen molar-refractivity contribution in [3.8, 4) is 5.75 Å². The van der Waals surface area contributed by atoms with E-state index in [4.69, 9.17) is 18.6 Å². The molecule has 0 radical (unpaired) electrons. The Morgan fingerprint density at radius 2 is 1.85 bits per heavy atom. The first-order valence-corrected chi connectivity index (χ1v) is 13.3. The zero-order valence-electron chi connectivity index (χ0n) is 23.1. The number of rotatable bonds is 9. The van der Waals surface area contributed by atoms with Crippen LogP contribution in [0.2, 0.25) is 0 Å². The third-order valence-electron chi connectivity index (χ3n) is 6.94. The summed E-state index contributed by atoms with van der Waals surface area (Å²) in [4.78, 5) is 43.0. The second kappa shape index (κ2) is 12.1. The molecule has 0 spiro atoms. The summed E-state index contributed by atoms with van der Waals surface area (Å²) in [6.45, 7) is 3.84. The average Bonchev–Trinajstić information content (AvgIpc) is 3.55. The lowest BCUT2D eigenvalue weighted by Gasteiger charge is -2.24. The minimum atomic E-state index is -0.435. The first kappa shape index (κ1) is 27.7. The van der Waals surface area contributed by atoms with E-state index in [0.29, 0.717) is 34.8 Å². The second-order valence-corrected chi connectivity index (χ2v) is 9.93. The van der Waals surface area contributed by atoms with E-state index in [1.807, 2.05) is 49.4 Å². The predicted octanol–water partition coefficient (Wildman–Crippen LogP) is 4.82. The predicted molar refractivity (Wildman–Crippen MR) is 151 cm³/mol. The summed E-state index contributed by atoms with van der Waals surface area (Å²) < 4.78 is 22.0. The normalized spacial score (nSPS) is 16.4. The van der Waals surface area contributed by atoms with E-state index < -0.39 is 18.0 Å². The molecule has 5 rings (SSSR count). The number of benzene rings is 3. The molecule has 4 aromatic rings. The van der Waals surface area contributed by atoms with Crippen LogP contribution in [0.4, 0.5) is 11.7 Å². The summed E-state index contributed by atoms with van der Waals surface area (Å²) in [5, 5.41) is 3.20. The van der Waals surface area contributed by atoms with Gasteiger partial charge < -0.3 is 28.8 Å². The van der Waals surface area contributed by atoms with Crippen LogP contribution in [0.25, 0.3) is 11.1 Å². The lowest BCUT2D eigenvalue weighted by atomic mass is 10.1. The third kappa shape index (κ3) is 6.66. The fraction of sp³-hybridized carbons (Fsp3) is 0.290. The Kier molecular flexibility index (Phi) is 8.19. The van der Waals surface area contributed by atoms with E-state index in [9.17, 15) is 14.4 Å². The van der Waals surface area contributed by atoms with E-state index in [-0.39, 0.29) is 31.5 Å². The molecule has 10 nitrogen and oxygen atoms in total. The maximum absolute atomic E-state index is 13.5. The molecule has 1 fully saturated rings. The minimum Gasteiger partial charge on any atom is -0.491 e. The van der Waals surface area contributed by atoms with Crippen molar-refractivity contribution in [2.24, 2.45) is 0 Å². The molecule has 0 unspecified atom stereocenters. The van der Waals surface area contributed by atoms with Crippen LogP contribution in [-0.2, 0) is 25.5 Å². The smallest absolute Gasteiger partial charge is 0.337 e. The number of fused-ring (bicyclic) bond motifs is 1. The first-order chi connectivity index (χ1) is 19.8. The van der Waals surface area contributed by atoms with Gasteiger partial charge in [-0.05, 0) is 60.5 Å². The molecule has 3 aromatic carbocycles. The van der Waals surface area contributed by atoms with Gasteiger partial charge in [-0.25, -0.2) is 4.79 Å². The molecule has 41 heavy (non-hydrogen) atoms. The molecule has 1 aromatic heterocycles. The highest BCUT2D eigenvalue weighted by Crippen LogP contribution is 2.27. The average molecular weight is 558 g/mol.